The maximum atomic E-state index is 13.2. The molecule has 1 aliphatic heterocycles. The molecule has 1 aromatic carbocycles. The van der Waals surface area contributed by atoms with Crippen LogP contribution in [0.2, 0.25) is 0 Å². The number of benzene rings is 1. The van der Waals surface area contributed by atoms with Crippen LogP contribution in [-0.2, 0) is 14.8 Å². The second kappa shape index (κ2) is 9.49. The van der Waals surface area contributed by atoms with E-state index in [0.29, 0.717) is 31.7 Å². The minimum absolute atomic E-state index is 0.0724. The van der Waals surface area contributed by atoms with Crippen molar-refractivity contribution in [2.75, 3.05) is 51.3 Å². The molecule has 0 aliphatic carbocycles. The number of piperazine rings is 1. The Bertz CT molecular complexity index is 1190. The molecule has 32 heavy (non-hydrogen) atoms. The van der Waals surface area contributed by atoms with E-state index in [1.165, 1.54) is 19.2 Å². The largest absolute Gasteiger partial charge is 0.383 e. The molecule has 0 bridgehead atoms. The number of nitrogens with zero attached hydrogens (tertiary/aromatic N) is 4. The molecule has 0 radical (unpaired) electrons. The Hall–Kier alpha value is -2.60. The fraction of sp³-hybridized carbons (Fsp3) is 0.381. The van der Waals surface area contributed by atoms with Crippen molar-refractivity contribution in [3.05, 3.63) is 47.7 Å². The van der Waals surface area contributed by atoms with E-state index < -0.39 is 10.0 Å². The lowest BCUT2D eigenvalue weighted by molar-refractivity contribution is 0.0746. The zero-order chi connectivity index (χ0) is 22.7. The molecule has 1 amide bonds. The normalized spacial score (nSPS) is 14.8. The summed E-state index contributed by atoms with van der Waals surface area (Å²) in [6.07, 6.45) is 1.75. The van der Waals surface area contributed by atoms with Crippen LogP contribution < -0.4 is 9.62 Å². The first kappa shape index (κ1) is 22.6. The van der Waals surface area contributed by atoms with E-state index in [2.05, 4.69) is 19.6 Å². The Labute approximate surface area is 191 Å². The lowest BCUT2D eigenvalue weighted by Crippen LogP contribution is -2.49. The molecule has 0 spiro atoms. The Morgan fingerprint density at radius 1 is 1.22 bits per heavy atom. The summed E-state index contributed by atoms with van der Waals surface area (Å²) in [5.74, 6) is -0.165. The lowest BCUT2D eigenvalue weighted by Gasteiger charge is -2.34. The average Bonchev–Trinajstić information content (AvgIpc) is 3.23. The van der Waals surface area contributed by atoms with Gasteiger partial charge in [-0.1, -0.05) is 17.4 Å². The molecule has 0 unspecified atom stereocenters. The van der Waals surface area contributed by atoms with Gasteiger partial charge in [0, 0.05) is 51.6 Å². The highest BCUT2D eigenvalue weighted by Crippen LogP contribution is 2.28. The highest BCUT2D eigenvalue weighted by Gasteiger charge is 2.26. The van der Waals surface area contributed by atoms with Crippen molar-refractivity contribution >= 4 is 42.7 Å². The molecule has 0 saturated carbocycles. The smallest absolute Gasteiger partial charge is 0.254 e. The summed E-state index contributed by atoms with van der Waals surface area (Å²) in [4.78, 5) is 27.1. The summed E-state index contributed by atoms with van der Waals surface area (Å²) in [5, 5.41) is 0.900. The summed E-state index contributed by atoms with van der Waals surface area (Å²) in [7, 11) is -2.21. The van der Waals surface area contributed by atoms with Crippen molar-refractivity contribution in [1.82, 2.24) is 19.6 Å². The predicted octanol–water partition coefficient (Wildman–Crippen LogP) is 1.89. The number of thiazole rings is 1. The third kappa shape index (κ3) is 4.75. The molecular formula is C21H25N5O4S2. The van der Waals surface area contributed by atoms with Gasteiger partial charge in [0.25, 0.3) is 5.91 Å². The third-order valence-corrected chi connectivity index (χ3v) is 7.84. The van der Waals surface area contributed by atoms with Crippen molar-refractivity contribution in [3.8, 4) is 0 Å². The second-order valence-electron chi connectivity index (χ2n) is 7.47. The highest BCUT2D eigenvalue weighted by molar-refractivity contribution is 7.89. The van der Waals surface area contributed by atoms with Gasteiger partial charge in [-0.2, -0.15) is 0 Å². The van der Waals surface area contributed by atoms with Gasteiger partial charge in [-0.3, -0.25) is 4.79 Å². The second-order valence-corrected chi connectivity index (χ2v) is 10.2. The van der Waals surface area contributed by atoms with Crippen molar-refractivity contribution in [1.29, 1.82) is 0 Å². The van der Waals surface area contributed by atoms with Crippen LogP contribution in [0.1, 0.15) is 15.9 Å². The van der Waals surface area contributed by atoms with E-state index in [1.807, 2.05) is 19.1 Å². The fourth-order valence-electron chi connectivity index (χ4n) is 3.52. The maximum Gasteiger partial charge on any atom is 0.254 e. The van der Waals surface area contributed by atoms with Gasteiger partial charge in [0.1, 0.15) is 10.3 Å². The number of hydrogen-bond donors (Lipinski definition) is 1. The molecule has 170 valence electrons. The number of sulfonamides is 1. The van der Waals surface area contributed by atoms with Gasteiger partial charge in [0.15, 0.2) is 5.13 Å². The van der Waals surface area contributed by atoms with Gasteiger partial charge in [-0.05, 0) is 36.8 Å². The molecule has 0 atom stereocenters. The minimum Gasteiger partial charge on any atom is -0.383 e. The SMILES string of the molecule is COCCNS(=O)(=O)c1ccc(C)c(C(=O)N2CCN(c3nc4cccnc4s3)CC2)c1. The Kier molecular flexibility index (Phi) is 6.70. The highest BCUT2D eigenvalue weighted by atomic mass is 32.2. The Morgan fingerprint density at radius 3 is 2.72 bits per heavy atom. The van der Waals surface area contributed by atoms with Crippen molar-refractivity contribution in [2.24, 2.45) is 0 Å². The van der Waals surface area contributed by atoms with Crippen LogP contribution in [0.5, 0.6) is 0 Å². The van der Waals surface area contributed by atoms with Crippen LogP contribution in [-0.4, -0.2) is 75.6 Å². The molecule has 3 heterocycles. The number of carbonyl (C=O) groups excluding carboxylic acids is 1. The first-order valence-corrected chi connectivity index (χ1v) is 12.5. The van der Waals surface area contributed by atoms with Crippen molar-refractivity contribution in [2.45, 2.75) is 11.8 Å². The Morgan fingerprint density at radius 2 is 2.00 bits per heavy atom. The zero-order valence-corrected chi connectivity index (χ0v) is 19.6. The summed E-state index contributed by atoms with van der Waals surface area (Å²) in [6, 6.07) is 8.45. The van der Waals surface area contributed by atoms with Crippen LogP contribution in [0.3, 0.4) is 0 Å². The van der Waals surface area contributed by atoms with E-state index >= 15 is 0 Å². The first-order valence-electron chi connectivity index (χ1n) is 10.2. The number of fused-ring (bicyclic) bond motifs is 1. The van der Waals surface area contributed by atoms with Gasteiger partial charge < -0.3 is 14.5 Å². The van der Waals surface area contributed by atoms with E-state index in [9.17, 15) is 13.2 Å². The standard InChI is InChI=1S/C21H25N5O4S2/c1-15-5-6-16(32(28,29)23-8-13-30-2)14-17(15)20(27)25-9-11-26(12-10-25)21-24-18-4-3-7-22-19(18)31-21/h3-7,14,23H,8-13H2,1-2H3. The number of aryl methyl sites for hydroxylation is 1. The van der Waals surface area contributed by atoms with E-state index in [-0.39, 0.29) is 24.0 Å². The van der Waals surface area contributed by atoms with Gasteiger partial charge in [0.05, 0.1) is 11.5 Å². The van der Waals surface area contributed by atoms with Crippen LogP contribution in [0.25, 0.3) is 10.3 Å². The minimum atomic E-state index is -3.72. The number of rotatable bonds is 7. The molecule has 9 nitrogen and oxygen atoms in total. The van der Waals surface area contributed by atoms with Gasteiger partial charge in [0.2, 0.25) is 10.0 Å². The average molecular weight is 476 g/mol. The van der Waals surface area contributed by atoms with E-state index in [1.54, 1.807) is 28.5 Å². The van der Waals surface area contributed by atoms with Gasteiger partial charge in [-0.15, -0.1) is 0 Å². The van der Waals surface area contributed by atoms with E-state index in [4.69, 9.17) is 4.74 Å². The number of methoxy groups -OCH3 is 1. The fourth-order valence-corrected chi connectivity index (χ4v) is 5.52. The molecule has 1 aliphatic rings. The number of carbonyl (C=O) groups is 1. The molecular weight excluding hydrogens is 450 g/mol. The van der Waals surface area contributed by atoms with Crippen LogP contribution >= 0.6 is 11.3 Å². The van der Waals surface area contributed by atoms with Crippen LogP contribution in [0, 0.1) is 6.92 Å². The van der Waals surface area contributed by atoms with Crippen molar-refractivity contribution in [3.63, 3.8) is 0 Å². The topological polar surface area (TPSA) is 105 Å². The monoisotopic (exact) mass is 475 g/mol. The Balaban J connectivity index is 1.45. The lowest BCUT2D eigenvalue weighted by atomic mass is 10.1. The van der Waals surface area contributed by atoms with Crippen molar-refractivity contribution < 1.29 is 17.9 Å². The first-order chi connectivity index (χ1) is 15.4. The number of hydrogen-bond acceptors (Lipinski definition) is 8. The summed E-state index contributed by atoms with van der Waals surface area (Å²) >= 11 is 1.54. The maximum absolute atomic E-state index is 13.2. The molecule has 11 heteroatoms. The zero-order valence-electron chi connectivity index (χ0n) is 17.9. The molecule has 4 rings (SSSR count). The number of nitrogens with one attached hydrogen (secondary N) is 1. The summed E-state index contributed by atoms with van der Waals surface area (Å²) < 4.78 is 32.4. The van der Waals surface area contributed by atoms with Gasteiger partial charge >= 0.3 is 0 Å². The quantitative estimate of drug-likeness (QED) is 0.520. The van der Waals surface area contributed by atoms with Crippen LogP contribution in [0.4, 0.5) is 5.13 Å². The third-order valence-electron chi connectivity index (χ3n) is 5.34. The number of anilines is 1. The predicted molar refractivity (Wildman–Crippen MR) is 124 cm³/mol. The summed E-state index contributed by atoms with van der Waals surface area (Å²) in [6.45, 7) is 4.62. The molecule has 3 aromatic rings. The van der Waals surface area contributed by atoms with Gasteiger partial charge in [-0.25, -0.2) is 23.1 Å². The molecule has 2 aromatic heterocycles. The number of amides is 1. The number of ether oxygens (including phenoxy) is 1. The molecule has 1 saturated heterocycles. The molecule has 1 N–H and O–H groups in total. The summed E-state index contributed by atoms with van der Waals surface area (Å²) in [5.41, 5.74) is 2.02. The number of pyridine rings is 1. The van der Waals surface area contributed by atoms with E-state index in [0.717, 1.165) is 21.0 Å². The van der Waals surface area contributed by atoms with Crippen LogP contribution in [0.15, 0.2) is 41.4 Å². The molecule has 1 fully saturated rings. The number of aromatic nitrogens is 2.